The molecule has 0 spiro atoms. The van der Waals surface area contributed by atoms with E-state index < -0.39 is 15.8 Å². The average Bonchev–Trinajstić information content (AvgIpc) is 2.40. The third kappa shape index (κ3) is 3.15. The van der Waals surface area contributed by atoms with Crippen LogP contribution in [0.25, 0.3) is 0 Å². The molecule has 4 nitrogen and oxygen atoms in total. The molecule has 0 radical (unpaired) electrons. The molecule has 106 valence electrons. The molecule has 0 amide bonds. The Morgan fingerprint density at radius 3 is 2.60 bits per heavy atom. The van der Waals surface area contributed by atoms with E-state index in [0.717, 1.165) is 5.56 Å². The molecule has 0 unspecified atom stereocenters. The van der Waals surface area contributed by atoms with Crippen molar-refractivity contribution in [1.29, 1.82) is 0 Å². The summed E-state index contributed by atoms with van der Waals surface area (Å²) in [6.45, 7) is 1.85. The van der Waals surface area contributed by atoms with E-state index in [1.165, 1.54) is 24.3 Å². The van der Waals surface area contributed by atoms with Crippen LogP contribution in [0.2, 0.25) is 0 Å². The molecule has 0 aliphatic heterocycles. The van der Waals surface area contributed by atoms with Crippen molar-refractivity contribution in [3.63, 3.8) is 0 Å². The van der Waals surface area contributed by atoms with Crippen molar-refractivity contribution in [3.8, 4) is 0 Å². The molecule has 0 aliphatic carbocycles. The number of anilines is 1. The van der Waals surface area contributed by atoms with Crippen molar-refractivity contribution in [1.82, 2.24) is 0 Å². The van der Waals surface area contributed by atoms with Crippen molar-refractivity contribution in [3.05, 3.63) is 59.4 Å². The van der Waals surface area contributed by atoms with Crippen LogP contribution in [-0.2, 0) is 16.6 Å². The molecule has 0 saturated carbocycles. The monoisotopic (exact) mass is 294 g/mol. The smallest absolute Gasteiger partial charge is 0.261 e. The Labute approximate surface area is 117 Å². The van der Waals surface area contributed by atoms with Crippen LogP contribution < -0.4 is 10.5 Å². The van der Waals surface area contributed by atoms with E-state index in [1.807, 2.05) is 13.0 Å². The Morgan fingerprint density at radius 1 is 1.20 bits per heavy atom. The lowest BCUT2D eigenvalue weighted by molar-refractivity contribution is 0.600. The summed E-state index contributed by atoms with van der Waals surface area (Å²) in [5.41, 5.74) is 7.03. The van der Waals surface area contributed by atoms with Crippen LogP contribution in [0.4, 0.5) is 10.1 Å². The van der Waals surface area contributed by atoms with Crippen molar-refractivity contribution in [2.45, 2.75) is 18.4 Å². The number of hydrogen-bond donors (Lipinski definition) is 2. The molecule has 0 aliphatic rings. The predicted molar refractivity (Wildman–Crippen MR) is 76.3 cm³/mol. The van der Waals surface area contributed by atoms with Crippen LogP contribution in [0.15, 0.2) is 47.4 Å². The summed E-state index contributed by atoms with van der Waals surface area (Å²) in [5.74, 6) is -0.455. The van der Waals surface area contributed by atoms with Crippen LogP contribution in [0.3, 0.4) is 0 Å². The maximum atomic E-state index is 13.1. The van der Waals surface area contributed by atoms with Gasteiger partial charge in [0.05, 0.1) is 10.6 Å². The van der Waals surface area contributed by atoms with Crippen LogP contribution >= 0.6 is 0 Å². The number of nitrogens with one attached hydrogen (secondary N) is 1. The molecular weight excluding hydrogens is 279 g/mol. The van der Waals surface area contributed by atoms with E-state index >= 15 is 0 Å². The van der Waals surface area contributed by atoms with Gasteiger partial charge in [0.15, 0.2) is 0 Å². The summed E-state index contributed by atoms with van der Waals surface area (Å²) >= 11 is 0. The number of nitrogens with two attached hydrogens (primary N) is 1. The molecule has 3 N–H and O–H groups in total. The maximum absolute atomic E-state index is 13.1. The minimum Gasteiger partial charge on any atom is -0.326 e. The van der Waals surface area contributed by atoms with Gasteiger partial charge in [-0.2, -0.15) is 0 Å². The molecule has 0 atom stereocenters. The summed E-state index contributed by atoms with van der Waals surface area (Å²) < 4.78 is 40.1. The van der Waals surface area contributed by atoms with Gasteiger partial charge in [0.2, 0.25) is 0 Å². The van der Waals surface area contributed by atoms with Gasteiger partial charge >= 0.3 is 0 Å². The van der Waals surface area contributed by atoms with Gasteiger partial charge in [-0.05, 0) is 48.4 Å². The summed E-state index contributed by atoms with van der Waals surface area (Å²) in [4.78, 5) is 0.157. The summed E-state index contributed by atoms with van der Waals surface area (Å²) in [6.07, 6.45) is 0. The minimum absolute atomic E-state index is 0.0451. The zero-order valence-electron chi connectivity index (χ0n) is 10.9. The Balaban J connectivity index is 2.38. The van der Waals surface area contributed by atoms with Gasteiger partial charge < -0.3 is 5.73 Å². The number of sulfonamides is 1. The number of rotatable bonds is 4. The molecule has 0 fully saturated rings. The first-order valence-electron chi connectivity index (χ1n) is 6.00. The third-order valence-electron chi connectivity index (χ3n) is 2.83. The molecule has 6 heteroatoms. The Bertz CT molecular complexity index is 730. The minimum atomic E-state index is -3.71. The summed E-state index contributed by atoms with van der Waals surface area (Å²) in [7, 11) is -3.71. The second-order valence-electron chi connectivity index (χ2n) is 4.43. The topological polar surface area (TPSA) is 72.2 Å². The number of benzene rings is 2. The summed E-state index contributed by atoms with van der Waals surface area (Å²) in [5, 5.41) is 0. The van der Waals surface area contributed by atoms with Gasteiger partial charge in [0.25, 0.3) is 10.0 Å². The largest absolute Gasteiger partial charge is 0.326 e. The lowest BCUT2D eigenvalue weighted by Crippen LogP contribution is -2.15. The highest BCUT2D eigenvalue weighted by atomic mass is 32.2. The SMILES string of the molecule is Cc1cccc(S(=O)(=O)Nc2ccc(F)cc2CN)c1. The molecule has 0 bridgehead atoms. The van der Waals surface area contributed by atoms with Gasteiger partial charge in [-0.1, -0.05) is 12.1 Å². The lowest BCUT2D eigenvalue weighted by Gasteiger charge is -2.12. The average molecular weight is 294 g/mol. The first kappa shape index (κ1) is 14.5. The predicted octanol–water partition coefficient (Wildman–Crippen LogP) is 2.39. The van der Waals surface area contributed by atoms with E-state index in [9.17, 15) is 12.8 Å². The normalized spacial score (nSPS) is 11.3. The Morgan fingerprint density at radius 2 is 1.95 bits per heavy atom. The molecule has 20 heavy (non-hydrogen) atoms. The fourth-order valence-corrected chi connectivity index (χ4v) is 3.02. The van der Waals surface area contributed by atoms with Crippen molar-refractivity contribution in [2.24, 2.45) is 5.73 Å². The third-order valence-corrected chi connectivity index (χ3v) is 4.19. The van der Waals surface area contributed by atoms with Gasteiger partial charge in [0.1, 0.15) is 5.82 Å². The van der Waals surface area contributed by atoms with Crippen LogP contribution in [0, 0.1) is 12.7 Å². The highest BCUT2D eigenvalue weighted by molar-refractivity contribution is 7.92. The van der Waals surface area contributed by atoms with Gasteiger partial charge in [0, 0.05) is 6.54 Å². The van der Waals surface area contributed by atoms with Crippen LogP contribution in [0.5, 0.6) is 0 Å². The molecule has 2 rings (SSSR count). The number of hydrogen-bond acceptors (Lipinski definition) is 3. The molecule has 0 saturated heterocycles. The Hall–Kier alpha value is -1.92. The van der Waals surface area contributed by atoms with Crippen molar-refractivity contribution < 1.29 is 12.8 Å². The zero-order valence-corrected chi connectivity index (χ0v) is 11.7. The van der Waals surface area contributed by atoms with E-state index in [1.54, 1.807) is 12.1 Å². The van der Waals surface area contributed by atoms with Gasteiger partial charge in [-0.3, -0.25) is 4.72 Å². The maximum Gasteiger partial charge on any atom is 0.261 e. The van der Waals surface area contributed by atoms with E-state index in [0.29, 0.717) is 5.56 Å². The Kier molecular flexibility index (Phi) is 4.06. The van der Waals surface area contributed by atoms with Gasteiger partial charge in [-0.25, -0.2) is 12.8 Å². The van der Waals surface area contributed by atoms with Gasteiger partial charge in [-0.15, -0.1) is 0 Å². The quantitative estimate of drug-likeness (QED) is 0.909. The summed E-state index contributed by atoms with van der Waals surface area (Å²) in [6, 6.07) is 10.3. The molecule has 0 heterocycles. The highest BCUT2D eigenvalue weighted by Gasteiger charge is 2.16. The van der Waals surface area contributed by atoms with Crippen molar-refractivity contribution in [2.75, 3.05) is 4.72 Å². The van der Waals surface area contributed by atoms with Crippen LogP contribution in [-0.4, -0.2) is 8.42 Å². The second-order valence-corrected chi connectivity index (χ2v) is 6.11. The zero-order chi connectivity index (χ0) is 14.8. The molecule has 2 aromatic rings. The fourth-order valence-electron chi connectivity index (χ4n) is 1.82. The van der Waals surface area contributed by atoms with E-state index in [2.05, 4.69) is 4.72 Å². The first-order chi connectivity index (χ1) is 9.42. The standard InChI is InChI=1S/C14H15FN2O2S/c1-10-3-2-4-13(7-10)20(18,19)17-14-6-5-12(15)8-11(14)9-16/h2-8,17H,9,16H2,1H3. The lowest BCUT2D eigenvalue weighted by atomic mass is 10.2. The molecular formula is C14H15FN2O2S. The molecule has 0 aromatic heterocycles. The molecule has 2 aromatic carbocycles. The second kappa shape index (κ2) is 5.60. The fraction of sp³-hybridized carbons (Fsp3) is 0.143. The van der Waals surface area contributed by atoms with Crippen LogP contribution in [0.1, 0.15) is 11.1 Å². The number of halogens is 1. The van der Waals surface area contributed by atoms with E-state index in [4.69, 9.17) is 5.73 Å². The van der Waals surface area contributed by atoms with E-state index in [-0.39, 0.29) is 17.1 Å². The highest BCUT2D eigenvalue weighted by Crippen LogP contribution is 2.21. The number of aryl methyl sites for hydroxylation is 1. The van der Waals surface area contributed by atoms with Crippen molar-refractivity contribution >= 4 is 15.7 Å². The first-order valence-corrected chi connectivity index (χ1v) is 7.48.